The van der Waals surface area contributed by atoms with E-state index in [9.17, 15) is 4.79 Å². The first-order valence-electron chi connectivity index (χ1n) is 7.61. The second-order valence-electron chi connectivity index (χ2n) is 6.35. The Hall–Kier alpha value is -1.39. The smallest absolute Gasteiger partial charge is 0.230 e. The first kappa shape index (κ1) is 11.3. The quantitative estimate of drug-likeness (QED) is 0.713. The molecule has 1 aromatic carbocycles. The van der Waals surface area contributed by atoms with Gasteiger partial charge in [0.1, 0.15) is 0 Å². The number of nitrogens with zero attached hydrogens (tertiary/aromatic N) is 2. The van der Waals surface area contributed by atoms with E-state index in [1.807, 2.05) is 6.07 Å². The lowest BCUT2D eigenvalue weighted by molar-refractivity contribution is -0.140. The summed E-state index contributed by atoms with van der Waals surface area (Å²) in [6.45, 7) is 2.93. The Kier molecular flexibility index (Phi) is 2.16. The summed E-state index contributed by atoms with van der Waals surface area (Å²) in [5, 5.41) is 0. The van der Waals surface area contributed by atoms with Crippen LogP contribution in [0.25, 0.3) is 0 Å². The van der Waals surface area contributed by atoms with Crippen molar-refractivity contribution < 1.29 is 9.53 Å². The number of anilines is 1. The molecule has 0 aliphatic carbocycles. The standard InChI is InChI=1S/C16H18N2O2/c19-14-9-13-16-15-11(5-6-17(16)7-8-20-13)10-3-1-2-4-12(10)18(14)15/h1-4,11,13,15-16H,5-9H2. The van der Waals surface area contributed by atoms with Gasteiger partial charge in [-0.1, -0.05) is 18.2 Å². The van der Waals surface area contributed by atoms with Gasteiger partial charge >= 0.3 is 0 Å². The number of ether oxygens (including phenoxy) is 1. The van der Waals surface area contributed by atoms with Gasteiger partial charge in [0.2, 0.25) is 5.91 Å². The van der Waals surface area contributed by atoms with Crippen LogP contribution in [-0.4, -0.2) is 48.7 Å². The van der Waals surface area contributed by atoms with Crippen LogP contribution in [0.2, 0.25) is 0 Å². The minimum Gasteiger partial charge on any atom is -0.375 e. The van der Waals surface area contributed by atoms with Crippen molar-refractivity contribution in [3.63, 3.8) is 0 Å². The maximum atomic E-state index is 12.6. The zero-order valence-corrected chi connectivity index (χ0v) is 11.4. The van der Waals surface area contributed by atoms with Crippen molar-refractivity contribution >= 4 is 11.6 Å². The number of benzene rings is 1. The number of carbonyl (C=O) groups excluding carboxylic acids is 1. The van der Waals surface area contributed by atoms with E-state index in [0.717, 1.165) is 31.8 Å². The number of rotatable bonds is 0. The van der Waals surface area contributed by atoms with E-state index >= 15 is 0 Å². The third-order valence-corrected chi connectivity index (χ3v) is 5.54. The van der Waals surface area contributed by atoms with E-state index in [-0.39, 0.29) is 12.0 Å². The molecule has 4 nitrogen and oxygen atoms in total. The zero-order chi connectivity index (χ0) is 13.3. The van der Waals surface area contributed by atoms with Crippen LogP contribution in [0.15, 0.2) is 24.3 Å². The number of fused-ring (bicyclic) bond motifs is 3. The van der Waals surface area contributed by atoms with Gasteiger partial charge in [-0.2, -0.15) is 0 Å². The largest absolute Gasteiger partial charge is 0.375 e. The molecule has 4 heteroatoms. The van der Waals surface area contributed by atoms with Gasteiger partial charge in [0, 0.05) is 18.2 Å². The third kappa shape index (κ3) is 1.26. The summed E-state index contributed by atoms with van der Waals surface area (Å²) in [6, 6.07) is 9.16. The Bertz CT molecular complexity index is 588. The van der Waals surface area contributed by atoms with Gasteiger partial charge in [0.25, 0.3) is 0 Å². The van der Waals surface area contributed by atoms with Crippen molar-refractivity contribution in [2.45, 2.75) is 36.9 Å². The molecular formula is C16H18N2O2. The molecule has 4 heterocycles. The molecule has 104 valence electrons. The van der Waals surface area contributed by atoms with Gasteiger partial charge in [-0.25, -0.2) is 0 Å². The summed E-state index contributed by atoms with van der Waals surface area (Å²) in [4.78, 5) is 17.2. The fraction of sp³-hybridized carbons (Fsp3) is 0.562. The molecule has 0 radical (unpaired) electrons. The summed E-state index contributed by atoms with van der Waals surface area (Å²) in [7, 11) is 0. The highest BCUT2D eigenvalue weighted by atomic mass is 16.5. The second kappa shape index (κ2) is 3.83. The molecule has 4 aliphatic rings. The Morgan fingerprint density at radius 3 is 3.00 bits per heavy atom. The Balaban J connectivity index is 1.67. The fourth-order valence-corrected chi connectivity index (χ4v) is 4.82. The predicted molar refractivity (Wildman–Crippen MR) is 74.8 cm³/mol. The molecule has 4 atom stereocenters. The zero-order valence-electron chi connectivity index (χ0n) is 11.4. The minimum atomic E-state index is 0.106. The lowest BCUT2D eigenvalue weighted by atomic mass is 9.78. The van der Waals surface area contributed by atoms with Crippen molar-refractivity contribution in [1.82, 2.24) is 4.90 Å². The van der Waals surface area contributed by atoms with Gasteiger partial charge in [-0.05, 0) is 24.6 Å². The monoisotopic (exact) mass is 270 g/mol. The van der Waals surface area contributed by atoms with Crippen LogP contribution in [-0.2, 0) is 9.53 Å². The molecule has 3 saturated heterocycles. The van der Waals surface area contributed by atoms with Crippen molar-refractivity contribution in [3.8, 4) is 0 Å². The van der Waals surface area contributed by atoms with Gasteiger partial charge in [0.15, 0.2) is 0 Å². The van der Waals surface area contributed by atoms with Crippen LogP contribution in [0, 0.1) is 0 Å². The third-order valence-electron chi connectivity index (χ3n) is 5.54. The van der Waals surface area contributed by atoms with Crippen LogP contribution in [0.5, 0.6) is 0 Å². The molecule has 0 spiro atoms. The molecule has 1 amide bonds. The van der Waals surface area contributed by atoms with E-state index in [2.05, 4.69) is 28.0 Å². The summed E-state index contributed by atoms with van der Waals surface area (Å²) in [5.74, 6) is 0.746. The number of hydrogen-bond acceptors (Lipinski definition) is 3. The fourth-order valence-electron chi connectivity index (χ4n) is 4.82. The summed E-state index contributed by atoms with van der Waals surface area (Å²) >= 11 is 0. The number of piperidine rings is 2. The maximum absolute atomic E-state index is 12.6. The van der Waals surface area contributed by atoms with Crippen molar-refractivity contribution in [1.29, 1.82) is 0 Å². The summed E-state index contributed by atoms with van der Waals surface area (Å²) in [5.41, 5.74) is 2.52. The molecule has 5 rings (SSSR count). The van der Waals surface area contributed by atoms with E-state index in [1.54, 1.807) is 0 Å². The molecule has 0 aromatic heterocycles. The minimum absolute atomic E-state index is 0.106. The average Bonchev–Trinajstić information content (AvgIpc) is 2.82. The lowest BCUT2D eigenvalue weighted by Gasteiger charge is -2.53. The van der Waals surface area contributed by atoms with Gasteiger partial charge in [0.05, 0.1) is 31.2 Å². The number of hydrogen-bond donors (Lipinski definition) is 0. The van der Waals surface area contributed by atoms with Gasteiger partial charge < -0.3 is 9.64 Å². The first-order chi connectivity index (χ1) is 9.84. The van der Waals surface area contributed by atoms with Crippen LogP contribution in [0.1, 0.15) is 24.3 Å². The molecule has 1 aromatic rings. The summed E-state index contributed by atoms with van der Waals surface area (Å²) < 4.78 is 5.92. The predicted octanol–water partition coefficient (Wildman–Crippen LogP) is 1.36. The van der Waals surface area contributed by atoms with Crippen LogP contribution in [0.4, 0.5) is 5.69 Å². The Labute approximate surface area is 118 Å². The second-order valence-corrected chi connectivity index (χ2v) is 6.35. The number of para-hydroxylation sites is 1. The van der Waals surface area contributed by atoms with Crippen molar-refractivity contribution in [2.75, 3.05) is 24.6 Å². The molecule has 4 aliphatic heterocycles. The van der Waals surface area contributed by atoms with E-state index in [1.165, 1.54) is 5.56 Å². The van der Waals surface area contributed by atoms with Crippen LogP contribution in [0.3, 0.4) is 0 Å². The highest BCUT2D eigenvalue weighted by Gasteiger charge is 2.56. The Morgan fingerprint density at radius 1 is 1.15 bits per heavy atom. The summed E-state index contributed by atoms with van der Waals surface area (Å²) in [6.07, 6.45) is 1.81. The lowest BCUT2D eigenvalue weighted by Crippen LogP contribution is -2.68. The molecule has 0 N–H and O–H groups in total. The molecule has 0 saturated carbocycles. The first-order valence-corrected chi connectivity index (χ1v) is 7.61. The average molecular weight is 270 g/mol. The Morgan fingerprint density at radius 2 is 2.05 bits per heavy atom. The molecule has 3 fully saturated rings. The molecule has 20 heavy (non-hydrogen) atoms. The van der Waals surface area contributed by atoms with Crippen molar-refractivity contribution in [3.05, 3.63) is 29.8 Å². The SMILES string of the molecule is O=C1CC2OCCN3CCC4c5ccccc5N1C4C23. The normalized spacial score (nSPS) is 38.6. The van der Waals surface area contributed by atoms with Crippen LogP contribution < -0.4 is 4.90 Å². The number of morpholine rings is 1. The van der Waals surface area contributed by atoms with E-state index in [0.29, 0.717) is 24.4 Å². The van der Waals surface area contributed by atoms with Gasteiger partial charge in [-0.3, -0.25) is 9.69 Å². The highest BCUT2D eigenvalue weighted by Crippen LogP contribution is 2.50. The van der Waals surface area contributed by atoms with Crippen LogP contribution >= 0.6 is 0 Å². The molecule has 4 unspecified atom stereocenters. The number of amides is 1. The van der Waals surface area contributed by atoms with Gasteiger partial charge in [-0.15, -0.1) is 0 Å². The molecular weight excluding hydrogens is 252 g/mol. The molecule has 0 bridgehead atoms. The topological polar surface area (TPSA) is 32.8 Å². The van der Waals surface area contributed by atoms with E-state index < -0.39 is 0 Å². The highest BCUT2D eigenvalue weighted by molar-refractivity contribution is 5.98. The van der Waals surface area contributed by atoms with E-state index in [4.69, 9.17) is 4.74 Å². The maximum Gasteiger partial charge on any atom is 0.230 e. The van der Waals surface area contributed by atoms with Crippen molar-refractivity contribution in [2.24, 2.45) is 0 Å². The number of carbonyl (C=O) groups is 1.